The number of thiophene rings is 1. The second-order valence-electron chi connectivity index (χ2n) is 9.85. The summed E-state index contributed by atoms with van der Waals surface area (Å²) in [6, 6.07) is 8.42. The van der Waals surface area contributed by atoms with E-state index < -0.39 is 0 Å². The average Bonchev–Trinajstić information content (AvgIpc) is 3.43. The lowest BCUT2D eigenvalue weighted by molar-refractivity contribution is -0.113. The molecule has 0 radical (unpaired) electrons. The molecule has 2 aromatic heterocycles. The number of anilines is 1. The topological polar surface area (TPSA) is 86.1 Å². The number of thioether (sulfide) groups is 1. The van der Waals surface area contributed by atoms with Gasteiger partial charge in [-0.2, -0.15) is 0 Å². The van der Waals surface area contributed by atoms with E-state index in [9.17, 15) is 9.59 Å². The predicted molar refractivity (Wildman–Crippen MR) is 146 cm³/mol. The van der Waals surface area contributed by atoms with E-state index >= 15 is 0 Å². The molecule has 4 rings (SSSR count). The lowest BCUT2D eigenvalue weighted by Crippen LogP contribution is -2.17. The van der Waals surface area contributed by atoms with Crippen LogP contribution in [0.25, 0.3) is 11.4 Å². The number of carbonyl (C=O) groups is 2. The molecule has 0 unspecified atom stereocenters. The van der Waals surface area contributed by atoms with E-state index in [1.807, 2.05) is 11.5 Å². The monoisotopic (exact) mass is 526 g/mol. The van der Waals surface area contributed by atoms with Crippen molar-refractivity contribution >= 4 is 40.0 Å². The van der Waals surface area contributed by atoms with Crippen LogP contribution in [0.3, 0.4) is 0 Å². The molecule has 192 valence electrons. The van der Waals surface area contributed by atoms with Gasteiger partial charge >= 0.3 is 5.97 Å². The minimum atomic E-state index is -0.354. The molecule has 0 atom stereocenters. The van der Waals surface area contributed by atoms with Crippen LogP contribution in [0.1, 0.15) is 73.8 Å². The van der Waals surface area contributed by atoms with Crippen LogP contribution >= 0.6 is 23.1 Å². The molecule has 2 heterocycles. The molecule has 36 heavy (non-hydrogen) atoms. The Kier molecular flexibility index (Phi) is 8.20. The highest BCUT2D eigenvalue weighted by molar-refractivity contribution is 7.99. The van der Waals surface area contributed by atoms with Gasteiger partial charge in [-0.25, -0.2) is 4.79 Å². The number of esters is 1. The van der Waals surface area contributed by atoms with E-state index in [0.29, 0.717) is 28.9 Å². The number of hydrogen-bond donors (Lipinski definition) is 1. The summed E-state index contributed by atoms with van der Waals surface area (Å²) < 4.78 is 7.32. The molecular weight excluding hydrogens is 492 g/mol. The number of benzene rings is 1. The molecule has 0 spiro atoms. The Morgan fingerprint density at radius 1 is 1.11 bits per heavy atom. The normalized spacial score (nSPS) is 13.4. The second kappa shape index (κ2) is 11.2. The van der Waals surface area contributed by atoms with E-state index in [0.717, 1.165) is 42.6 Å². The Bertz CT molecular complexity index is 1240. The van der Waals surface area contributed by atoms with Crippen molar-refractivity contribution in [2.45, 2.75) is 77.4 Å². The number of aromatic nitrogens is 3. The Hall–Kier alpha value is -2.65. The highest BCUT2D eigenvalue weighted by Gasteiger charge is 2.27. The van der Waals surface area contributed by atoms with Gasteiger partial charge in [0, 0.05) is 17.0 Å². The van der Waals surface area contributed by atoms with Gasteiger partial charge in [0.15, 0.2) is 11.0 Å². The molecule has 1 aromatic carbocycles. The molecule has 9 heteroatoms. The van der Waals surface area contributed by atoms with Crippen LogP contribution < -0.4 is 5.32 Å². The fraction of sp³-hybridized carbons (Fsp3) is 0.481. The number of amides is 1. The molecule has 0 saturated heterocycles. The molecule has 1 aliphatic rings. The van der Waals surface area contributed by atoms with Crippen molar-refractivity contribution in [2.24, 2.45) is 0 Å². The van der Waals surface area contributed by atoms with E-state index in [1.165, 1.54) is 33.5 Å². The molecule has 3 aromatic rings. The molecular formula is C27H34N4O3S2. The van der Waals surface area contributed by atoms with Crippen molar-refractivity contribution in [3.8, 4) is 11.4 Å². The second-order valence-corrected chi connectivity index (χ2v) is 11.9. The minimum absolute atomic E-state index is 0.0836. The fourth-order valence-electron chi connectivity index (χ4n) is 4.38. The lowest BCUT2D eigenvalue weighted by Gasteiger charge is -2.19. The quantitative estimate of drug-likeness (QED) is 0.282. The first kappa shape index (κ1) is 26.4. The number of ether oxygens (including phenoxy) is 1. The van der Waals surface area contributed by atoms with Crippen molar-refractivity contribution in [3.05, 3.63) is 45.8 Å². The van der Waals surface area contributed by atoms with E-state index in [2.05, 4.69) is 60.6 Å². The van der Waals surface area contributed by atoms with Crippen LogP contribution in [-0.4, -0.2) is 39.0 Å². The van der Waals surface area contributed by atoms with Crippen LogP contribution in [-0.2, 0) is 34.3 Å². The van der Waals surface area contributed by atoms with Gasteiger partial charge in [0.2, 0.25) is 5.91 Å². The summed E-state index contributed by atoms with van der Waals surface area (Å²) in [6.07, 6.45) is 3.94. The number of aryl methyl sites for hydroxylation is 1. The third kappa shape index (κ3) is 5.67. The van der Waals surface area contributed by atoms with Crippen LogP contribution in [0.4, 0.5) is 5.00 Å². The van der Waals surface area contributed by atoms with Gasteiger partial charge in [-0.1, -0.05) is 56.8 Å². The van der Waals surface area contributed by atoms with Gasteiger partial charge < -0.3 is 14.6 Å². The number of hydrogen-bond acceptors (Lipinski definition) is 7. The molecule has 0 aliphatic heterocycles. The zero-order valence-electron chi connectivity index (χ0n) is 21.6. The Balaban J connectivity index is 1.47. The summed E-state index contributed by atoms with van der Waals surface area (Å²) in [5.74, 6) is 0.432. The van der Waals surface area contributed by atoms with Crippen molar-refractivity contribution in [2.75, 3.05) is 17.7 Å². The standard InChI is InChI=1S/C27H34N4O3S2/c1-6-31-23(17-12-14-18(15-13-17)27(3,4)5)29-30-26(31)35-16-21(32)28-24-22(25(33)34-7-2)19-10-8-9-11-20(19)36-24/h12-15H,6-11,16H2,1-5H3,(H,28,32). The summed E-state index contributed by atoms with van der Waals surface area (Å²) in [5, 5.41) is 13.0. The zero-order chi connectivity index (χ0) is 25.9. The number of rotatable bonds is 8. The van der Waals surface area contributed by atoms with Crippen molar-refractivity contribution in [1.29, 1.82) is 0 Å². The molecule has 7 nitrogen and oxygen atoms in total. The first-order valence-corrected chi connectivity index (χ1v) is 14.3. The minimum Gasteiger partial charge on any atom is -0.462 e. The summed E-state index contributed by atoms with van der Waals surface area (Å²) in [7, 11) is 0. The maximum Gasteiger partial charge on any atom is 0.341 e. The Labute approximate surface area is 221 Å². The Morgan fingerprint density at radius 3 is 2.50 bits per heavy atom. The van der Waals surface area contributed by atoms with Gasteiger partial charge in [-0.15, -0.1) is 21.5 Å². The third-order valence-electron chi connectivity index (χ3n) is 6.28. The Morgan fingerprint density at radius 2 is 1.83 bits per heavy atom. The van der Waals surface area contributed by atoms with Crippen molar-refractivity contribution < 1.29 is 14.3 Å². The predicted octanol–water partition coefficient (Wildman–Crippen LogP) is 6.11. The van der Waals surface area contributed by atoms with E-state index in [1.54, 1.807) is 6.92 Å². The molecule has 0 bridgehead atoms. The van der Waals surface area contributed by atoms with E-state index in [-0.39, 0.29) is 23.0 Å². The first-order valence-electron chi connectivity index (χ1n) is 12.5. The third-order valence-corrected chi connectivity index (χ3v) is 8.45. The smallest absolute Gasteiger partial charge is 0.341 e. The van der Waals surface area contributed by atoms with Gasteiger partial charge in [0.25, 0.3) is 0 Å². The maximum absolute atomic E-state index is 12.9. The zero-order valence-corrected chi connectivity index (χ0v) is 23.3. The average molecular weight is 527 g/mol. The number of carbonyl (C=O) groups excluding carboxylic acids is 2. The molecule has 1 amide bonds. The highest BCUT2D eigenvalue weighted by atomic mass is 32.2. The van der Waals surface area contributed by atoms with Crippen LogP contribution in [0, 0.1) is 0 Å². The van der Waals surface area contributed by atoms with Gasteiger partial charge in [-0.05, 0) is 56.1 Å². The number of nitrogens with zero attached hydrogens (tertiary/aromatic N) is 3. The summed E-state index contributed by atoms with van der Waals surface area (Å²) in [5.41, 5.74) is 3.92. The van der Waals surface area contributed by atoms with Crippen molar-refractivity contribution in [1.82, 2.24) is 14.8 Å². The molecule has 0 saturated carbocycles. The van der Waals surface area contributed by atoms with Crippen LogP contribution in [0.5, 0.6) is 0 Å². The van der Waals surface area contributed by atoms with E-state index in [4.69, 9.17) is 4.74 Å². The number of nitrogens with one attached hydrogen (secondary N) is 1. The SMILES string of the molecule is CCOC(=O)c1c(NC(=O)CSc2nnc(-c3ccc(C(C)(C)C)cc3)n2CC)sc2c1CCCC2. The molecule has 1 N–H and O–H groups in total. The summed E-state index contributed by atoms with van der Waals surface area (Å²) in [6.45, 7) is 11.4. The summed E-state index contributed by atoms with van der Waals surface area (Å²) in [4.78, 5) is 26.7. The number of fused-ring (bicyclic) bond motifs is 1. The highest BCUT2D eigenvalue weighted by Crippen LogP contribution is 2.39. The largest absolute Gasteiger partial charge is 0.462 e. The lowest BCUT2D eigenvalue weighted by atomic mass is 9.87. The van der Waals surface area contributed by atoms with Crippen LogP contribution in [0.2, 0.25) is 0 Å². The molecule has 0 fully saturated rings. The van der Waals surface area contributed by atoms with Gasteiger partial charge in [0.05, 0.1) is 17.9 Å². The van der Waals surface area contributed by atoms with Gasteiger partial charge in [-0.3, -0.25) is 4.79 Å². The van der Waals surface area contributed by atoms with Gasteiger partial charge in [0.1, 0.15) is 5.00 Å². The maximum atomic E-state index is 12.9. The van der Waals surface area contributed by atoms with Crippen LogP contribution in [0.15, 0.2) is 29.4 Å². The summed E-state index contributed by atoms with van der Waals surface area (Å²) >= 11 is 2.85. The fourth-order valence-corrected chi connectivity index (χ4v) is 6.48. The molecule has 1 aliphatic carbocycles. The van der Waals surface area contributed by atoms with Crippen molar-refractivity contribution in [3.63, 3.8) is 0 Å². The first-order chi connectivity index (χ1) is 17.2.